The minimum absolute atomic E-state index is 0.116. The molecule has 0 saturated heterocycles. The van der Waals surface area contributed by atoms with Gasteiger partial charge >= 0.3 is 0 Å². The lowest BCUT2D eigenvalue weighted by atomic mass is 9.93. The Morgan fingerprint density at radius 1 is 1.47 bits per heavy atom. The van der Waals surface area contributed by atoms with E-state index < -0.39 is 10.0 Å². The number of aliphatic hydroxyl groups is 1. The smallest absolute Gasteiger partial charge is 0.244 e. The Morgan fingerprint density at radius 2 is 2.11 bits per heavy atom. The van der Waals surface area contributed by atoms with Gasteiger partial charge in [0.1, 0.15) is 23.0 Å². The van der Waals surface area contributed by atoms with Gasteiger partial charge in [-0.25, -0.2) is 13.1 Å². The third-order valence-electron chi connectivity index (χ3n) is 4.10. The quantitative estimate of drug-likeness (QED) is 0.836. The summed E-state index contributed by atoms with van der Waals surface area (Å²) >= 11 is 0. The van der Waals surface area contributed by atoms with Crippen LogP contribution >= 0.6 is 0 Å². The lowest BCUT2D eigenvalue weighted by Gasteiger charge is -2.19. The molecule has 0 radical (unpaired) electrons. The summed E-state index contributed by atoms with van der Waals surface area (Å²) in [6.45, 7) is 5.99. The molecule has 2 N–H and O–H groups in total. The van der Waals surface area contributed by atoms with Crippen molar-refractivity contribution < 1.29 is 17.9 Å². The first-order chi connectivity index (χ1) is 8.81. The monoisotopic (exact) mass is 287 g/mol. The maximum absolute atomic E-state index is 12.2. The molecule has 0 bridgehead atoms. The molecule has 19 heavy (non-hydrogen) atoms. The average Bonchev–Trinajstić information content (AvgIpc) is 3.04. The van der Waals surface area contributed by atoms with E-state index in [-0.39, 0.29) is 22.7 Å². The third kappa shape index (κ3) is 2.85. The van der Waals surface area contributed by atoms with E-state index in [0.717, 1.165) is 12.8 Å². The molecular weight excluding hydrogens is 266 g/mol. The van der Waals surface area contributed by atoms with Crippen molar-refractivity contribution in [3.8, 4) is 0 Å². The average molecular weight is 287 g/mol. The van der Waals surface area contributed by atoms with Crippen molar-refractivity contribution in [2.24, 2.45) is 11.3 Å². The van der Waals surface area contributed by atoms with E-state index in [9.17, 15) is 8.42 Å². The fourth-order valence-electron chi connectivity index (χ4n) is 2.30. The molecule has 1 saturated carbocycles. The van der Waals surface area contributed by atoms with Crippen LogP contribution in [0, 0.1) is 18.3 Å². The predicted octanol–water partition coefficient (Wildman–Crippen LogP) is 1.79. The summed E-state index contributed by atoms with van der Waals surface area (Å²) in [7, 11) is -3.56. The molecule has 0 amide bonds. The summed E-state index contributed by atoms with van der Waals surface area (Å²) in [6, 6.07) is 1.38. The van der Waals surface area contributed by atoms with Crippen LogP contribution in [-0.4, -0.2) is 20.1 Å². The van der Waals surface area contributed by atoms with Crippen molar-refractivity contribution in [3.05, 3.63) is 17.6 Å². The first-order valence-corrected chi connectivity index (χ1v) is 7.99. The Hall–Kier alpha value is -0.850. The summed E-state index contributed by atoms with van der Waals surface area (Å²) < 4.78 is 32.3. The Balaban J connectivity index is 2.12. The van der Waals surface area contributed by atoms with Crippen LogP contribution in [0.2, 0.25) is 0 Å². The molecule has 2 rings (SSSR count). The van der Waals surface area contributed by atoms with Gasteiger partial charge in [-0.15, -0.1) is 0 Å². The van der Waals surface area contributed by atoms with Crippen LogP contribution in [-0.2, 0) is 16.6 Å². The molecule has 0 unspecified atom stereocenters. The number of hydrogen-bond acceptors (Lipinski definition) is 4. The topological polar surface area (TPSA) is 79.5 Å². The molecule has 1 aromatic rings. The van der Waals surface area contributed by atoms with Crippen molar-refractivity contribution >= 4 is 10.0 Å². The maximum Gasteiger partial charge on any atom is 0.244 e. The summed E-state index contributed by atoms with van der Waals surface area (Å²) in [6.07, 6.45) is 2.14. The summed E-state index contributed by atoms with van der Waals surface area (Å²) in [5.41, 5.74) is 0.116. The number of aryl methyl sites for hydroxylation is 1. The second-order valence-electron chi connectivity index (χ2n) is 5.63. The van der Waals surface area contributed by atoms with Crippen molar-refractivity contribution in [2.45, 2.75) is 45.1 Å². The number of furan rings is 1. The van der Waals surface area contributed by atoms with Crippen molar-refractivity contribution in [1.29, 1.82) is 0 Å². The molecule has 6 heteroatoms. The van der Waals surface area contributed by atoms with Crippen LogP contribution in [0.5, 0.6) is 0 Å². The van der Waals surface area contributed by atoms with Gasteiger partial charge in [0.25, 0.3) is 0 Å². The van der Waals surface area contributed by atoms with Gasteiger partial charge in [-0.1, -0.05) is 13.8 Å². The standard InChI is InChI=1S/C13H21NO4S/c1-9(2)13(4-5-13)8-14-19(16,17)12-6-11(7-15)18-10(12)3/h6,9,14-15H,4-5,7-8H2,1-3H3. The van der Waals surface area contributed by atoms with Crippen LogP contribution in [0.3, 0.4) is 0 Å². The lowest BCUT2D eigenvalue weighted by molar-refractivity contribution is 0.244. The molecule has 1 aromatic heterocycles. The van der Waals surface area contributed by atoms with E-state index in [1.165, 1.54) is 6.07 Å². The van der Waals surface area contributed by atoms with E-state index in [2.05, 4.69) is 18.6 Å². The fraction of sp³-hybridized carbons (Fsp3) is 0.692. The number of hydrogen-bond donors (Lipinski definition) is 2. The van der Waals surface area contributed by atoms with Gasteiger partial charge in [0.05, 0.1) is 0 Å². The molecule has 0 atom stereocenters. The minimum atomic E-state index is -3.56. The van der Waals surface area contributed by atoms with E-state index in [4.69, 9.17) is 9.52 Å². The molecule has 0 aromatic carbocycles. The number of sulfonamides is 1. The Bertz CT molecular complexity index is 555. The molecule has 108 valence electrons. The Kier molecular flexibility index (Phi) is 3.77. The van der Waals surface area contributed by atoms with Crippen LogP contribution in [0.15, 0.2) is 15.4 Å². The zero-order chi connectivity index (χ0) is 14.3. The third-order valence-corrected chi connectivity index (χ3v) is 5.61. The fourth-order valence-corrected chi connectivity index (χ4v) is 3.64. The summed E-state index contributed by atoms with van der Waals surface area (Å²) in [5.74, 6) is 1.04. The minimum Gasteiger partial charge on any atom is -0.462 e. The van der Waals surface area contributed by atoms with Gasteiger partial charge < -0.3 is 9.52 Å². The number of rotatable bonds is 6. The van der Waals surface area contributed by atoms with Gasteiger partial charge in [-0.05, 0) is 31.1 Å². The highest BCUT2D eigenvalue weighted by Crippen LogP contribution is 2.51. The first kappa shape index (κ1) is 14.6. The van der Waals surface area contributed by atoms with Crippen LogP contribution in [0.25, 0.3) is 0 Å². The van der Waals surface area contributed by atoms with Gasteiger partial charge in [0, 0.05) is 12.6 Å². The van der Waals surface area contributed by atoms with Crippen LogP contribution in [0.1, 0.15) is 38.2 Å². The van der Waals surface area contributed by atoms with Crippen LogP contribution < -0.4 is 4.72 Å². The highest BCUT2D eigenvalue weighted by Gasteiger charge is 2.45. The Labute approximate surface area is 114 Å². The lowest BCUT2D eigenvalue weighted by Crippen LogP contribution is -2.32. The zero-order valence-electron chi connectivity index (χ0n) is 11.6. The number of nitrogens with one attached hydrogen (secondary N) is 1. The summed E-state index contributed by atoms with van der Waals surface area (Å²) in [5, 5.41) is 8.97. The molecule has 1 heterocycles. The first-order valence-electron chi connectivity index (χ1n) is 6.50. The maximum atomic E-state index is 12.2. The summed E-state index contributed by atoms with van der Waals surface area (Å²) in [4.78, 5) is 0.121. The highest BCUT2D eigenvalue weighted by molar-refractivity contribution is 7.89. The normalized spacial score (nSPS) is 17.9. The second-order valence-corrected chi connectivity index (χ2v) is 7.37. The number of aliphatic hydroxyl groups excluding tert-OH is 1. The van der Waals surface area contributed by atoms with Crippen LogP contribution in [0.4, 0.5) is 0 Å². The molecule has 0 aliphatic heterocycles. The van der Waals surface area contributed by atoms with Gasteiger partial charge in [0.15, 0.2) is 0 Å². The van der Waals surface area contributed by atoms with Crippen molar-refractivity contribution in [3.63, 3.8) is 0 Å². The molecule has 5 nitrogen and oxygen atoms in total. The molecule has 1 aliphatic carbocycles. The Morgan fingerprint density at radius 3 is 2.53 bits per heavy atom. The largest absolute Gasteiger partial charge is 0.462 e. The van der Waals surface area contributed by atoms with Gasteiger partial charge in [-0.2, -0.15) is 0 Å². The molecule has 1 aliphatic rings. The second kappa shape index (κ2) is 4.92. The molecular formula is C13H21NO4S. The highest BCUT2D eigenvalue weighted by atomic mass is 32.2. The van der Waals surface area contributed by atoms with Gasteiger partial charge in [0.2, 0.25) is 10.0 Å². The van der Waals surface area contributed by atoms with E-state index in [1.54, 1.807) is 6.92 Å². The predicted molar refractivity (Wildman–Crippen MR) is 71.1 cm³/mol. The molecule has 1 fully saturated rings. The van der Waals surface area contributed by atoms with Crippen molar-refractivity contribution in [2.75, 3.05) is 6.54 Å². The van der Waals surface area contributed by atoms with Gasteiger partial charge in [-0.3, -0.25) is 0 Å². The molecule has 0 spiro atoms. The zero-order valence-corrected chi connectivity index (χ0v) is 12.4. The van der Waals surface area contributed by atoms with E-state index >= 15 is 0 Å². The SMILES string of the molecule is Cc1oc(CO)cc1S(=O)(=O)NCC1(C(C)C)CC1. The van der Waals surface area contributed by atoms with Crippen molar-refractivity contribution in [1.82, 2.24) is 4.72 Å². The van der Waals surface area contributed by atoms with E-state index in [1.807, 2.05) is 0 Å². The van der Waals surface area contributed by atoms with E-state index in [0.29, 0.717) is 18.2 Å².